The molecule has 11 aromatic carbocycles. The third kappa shape index (κ3) is 8.72. The third-order valence-corrected chi connectivity index (χ3v) is 26.2. The first-order chi connectivity index (χ1) is 42.4. The van der Waals surface area contributed by atoms with E-state index < -0.39 is 31.4 Å². The molecule has 0 saturated heterocycles. The first kappa shape index (κ1) is 46.5. The van der Waals surface area contributed by atoms with Crippen molar-refractivity contribution in [3.8, 4) is 73.2 Å². The van der Waals surface area contributed by atoms with Crippen LogP contribution in [0.25, 0.3) is 94.5 Å². The number of para-hydroxylation sites is 3. The van der Waals surface area contributed by atoms with Crippen molar-refractivity contribution in [1.29, 1.82) is 0 Å². The number of nitrogens with zero attached hydrogens (tertiary/aromatic N) is 4. The molecule has 15 rings (SSSR count). The Hall–Kier alpha value is -9.13. The van der Waals surface area contributed by atoms with Crippen LogP contribution in [0.1, 0.15) is 33.2 Å². The Labute approximate surface area is 508 Å². The van der Waals surface area contributed by atoms with Gasteiger partial charge in [-0.2, -0.15) is 6.07 Å². The maximum absolute atomic E-state index is 9.57. The summed E-state index contributed by atoms with van der Waals surface area (Å²) in [6.07, 6.45) is 5.70. The summed E-state index contributed by atoms with van der Waals surface area (Å²) in [6.45, 7) is 6.61. The normalized spacial score (nSPS) is 12.8. The molecule has 400 valence electrons. The monoisotopic (exact) mass is 1310 g/mol. The Kier molecular flexibility index (Phi) is 11.8. The third-order valence-electron chi connectivity index (χ3n) is 16.2. The molecule has 0 radical (unpaired) electrons. The van der Waals surface area contributed by atoms with Gasteiger partial charge in [-0.25, -0.2) is 4.98 Å². The molecule has 4 heterocycles. The molecule has 83 heavy (non-hydrogen) atoms. The van der Waals surface area contributed by atoms with Crippen LogP contribution in [0.2, 0.25) is 0 Å². The van der Waals surface area contributed by atoms with E-state index in [4.69, 9.17) is 13.8 Å². The molecule has 1 aliphatic heterocycles. The SMILES string of the molecule is [2H]c1c([2H])c([2H])c(-c2cccc3c2-[n+]2[c-]n(-c4[c-]c(Oc5[c-]c6c(cc5)c5ccccc5n6-c5cc(C(C)(C)C)ccn5)ccc4)c4cccc(c42)-c2ccccc2-c2cc[c]([Ge]([c]4ccccc4)([c]4ccccc4)[c]4ccccc4)cc2-3)c([2H])c1[2H].[Pt]. The number of ether oxygens (including phenoxy) is 1. The second-order valence-electron chi connectivity index (χ2n) is 21.9. The Morgan fingerprint density at radius 2 is 1.08 bits per heavy atom. The van der Waals surface area contributed by atoms with E-state index in [1.165, 1.54) is 23.1 Å². The number of imidazole rings is 1. The van der Waals surface area contributed by atoms with Gasteiger partial charge < -0.3 is 4.57 Å². The van der Waals surface area contributed by atoms with Gasteiger partial charge in [-0.1, -0.05) is 44.5 Å². The molecule has 14 aromatic rings. The summed E-state index contributed by atoms with van der Waals surface area (Å²) in [5.41, 5.74) is 11.9. The summed E-state index contributed by atoms with van der Waals surface area (Å²) < 4.78 is 63.9. The summed E-state index contributed by atoms with van der Waals surface area (Å²) in [7, 11) is 0. The van der Waals surface area contributed by atoms with Crippen molar-refractivity contribution in [3.05, 3.63) is 297 Å². The van der Waals surface area contributed by atoms with Gasteiger partial charge in [0.1, 0.15) is 5.82 Å². The number of fused-ring (bicyclic) bond motifs is 10. The van der Waals surface area contributed by atoms with Crippen LogP contribution < -0.4 is 26.9 Å². The van der Waals surface area contributed by atoms with Crippen LogP contribution in [0.15, 0.2) is 273 Å². The number of rotatable bonds is 9. The molecule has 0 N–H and O–H groups in total. The molecule has 0 saturated carbocycles. The Balaban J connectivity index is 0.00000680. The number of hydrogen-bond acceptors (Lipinski definition) is 2. The fraction of sp³-hybridized carbons (Fsp3) is 0.0526. The zero-order valence-corrected chi connectivity index (χ0v) is 50.0. The van der Waals surface area contributed by atoms with Gasteiger partial charge in [0.05, 0.1) is 0 Å². The van der Waals surface area contributed by atoms with Gasteiger partial charge in [-0.3, -0.25) is 0 Å². The molecule has 0 fully saturated rings. The maximum atomic E-state index is 9.57. The molecule has 0 atom stereocenters. The van der Waals surface area contributed by atoms with Gasteiger partial charge in [-0.05, 0) is 34.6 Å². The van der Waals surface area contributed by atoms with Gasteiger partial charge in [-0.15, -0.1) is 17.5 Å². The Morgan fingerprint density at radius 3 is 1.81 bits per heavy atom. The molecule has 1 aliphatic rings. The van der Waals surface area contributed by atoms with Gasteiger partial charge in [0, 0.05) is 38.5 Å². The number of benzene rings is 11. The maximum Gasteiger partial charge on any atom is 0 e. The van der Waals surface area contributed by atoms with Crippen LogP contribution in [-0.4, -0.2) is 27.4 Å². The molecule has 7 heteroatoms. The average Bonchev–Trinajstić information content (AvgIpc) is 1.38. The molecular formula is C76H54GeN4OPt-2. The van der Waals surface area contributed by atoms with E-state index in [-0.39, 0.29) is 44.1 Å². The number of hydrogen-bond donors (Lipinski definition) is 0. The van der Waals surface area contributed by atoms with E-state index in [2.05, 4.69) is 238 Å². The van der Waals surface area contributed by atoms with Crippen LogP contribution in [0.4, 0.5) is 0 Å². The van der Waals surface area contributed by atoms with Crippen molar-refractivity contribution in [2.75, 3.05) is 0 Å². The molecule has 0 bridgehead atoms. The van der Waals surface area contributed by atoms with Crippen LogP contribution in [0, 0.1) is 18.5 Å². The van der Waals surface area contributed by atoms with Crippen molar-refractivity contribution in [3.63, 3.8) is 0 Å². The van der Waals surface area contributed by atoms with Crippen molar-refractivity contribution in [2.24, 2.45) is 0 Å². The molecule has 0 aliphatic carbocycles. The standard InChI is InChI=1S/C76H54GeN4O.Pt/c1-76(2,3)53-45-46-78-73(47-53)81-70-39-19-18-35-65(70)66-44-42-60(50-72(66)81)82-59-32-20-31-58(49-59)79-51-80-74-61(52-23-8-4-9-24-52)36-21-37-68(74)69-48-57(41-43-64(69)62-33-16-17-34-63(62)67-38-22-40-71(79)75(67)80)77(54-25-10-5-11-26-54,55-27-12-6-13-28-55)56-29-14-7-15-30-56;/h4-48H,1-3H3;/q-2;/i4D,8D,9D,23D,24D;. The van der Waals surface area contributed by atoms with Gasteiger partial charge in [0.15, 0.2) is 0 Å². The second kappa shape index (κ2) is 21.0. The molecule has 0 spiro atoms. The van der Waals surface area contributed by atoms with Crippen LogP contribution in [0.5, 0.6) is 11.5 Å². The summed E-state index contributed by atoms with van der Waals surface area (Å²) in [4.78, 5) is 4.89. The smallest absolute Gasteiger partial charge is 0 e. The Bertz CT molecular complexity index is 4960. The van der Waals surface area contributed by atoms with Crippen molar-refractivity contribution >= 4 is 63.7 Å². The fourth-order valence-corrected chi connectivity index (χ4v) is 22.5. The van der Waals surface area contributed by atoms with Crippen LogP contribution in [-0.2, 0) is 26.5 Å². The summed E-state index contributed by atoms with van der Waals surface area (Å²) >= 11 is -3.95. The fourth-order valence-electron chi connectivity index (χ4n) is 12.5. The number of aromatic nitrogens is 4. The molecule has 0 unspecified atom stereocenters. The summed E-state index contributed by atoms with van der Waals surface area (Å²) in [5.74, 6) is 1.75. The molecular weight excluding hydrogens is 1250 g/mol. The van der Waals surface area contributed by atoms with E-state index in [9.17, 15) is 2.74 Å². The van der Waals surface area contributed by atoms with E-state index in [0.717, 1.165) is 72.0 Å². The predicted molar refractivity (Wildman–Crippen MR) is 338 cm³/mol. The molecule has 3 aromatic heterocycles. The van der Waals surface area contributed by atoms with Crippen molar-refractivity contribution in [1.82, 2.24) is 14.1 Å². The van der Waals surface area contributed by atoms with Crippen molar-refractivity contribution in [2.45, 2.75) is 26.2 Å². The second-order valence-corrected chi connectivity index (χ2v) is 29.9. The molecule has 0 amide bonds. The largest absolute Gasteiger partial charge is 0 e. The number of pyridine rings is 1. The van der Waals surface area contributed by atoms with Gasteiger partial charge in [0.2, 0.25) is 0 Å². The average molecular weight is 1310 g/mol. The van der Waals surface area contributed by atoms with Crippen LogP contribution >= 0.6 is 0 Å². The summed E-state index contributed by atoms with van der Waals surface area (Å²) in [5, 5.41) is 2.11. The first-order valence-corrected chi connectivity index (χ1v) is 31.8. The van der Waals surface area contributed by atoms with Gasteiger partial charge in [0.25, 0.3) is 0 Å². The van der Waals surface area contributed by atoms with Crippen molar-refractivity contribution < 1.29 is 37.2 Å². The van der Waals surface area contributed by atoms with E-state index >= 15 is 0 Å². The van der Waals surface area contributed by atoms with Crippen LogP contribution in [0.3, 0.4) is 0 Å². The zero-order chi connectivity index (χ0) is 59.3. The predicted octanol–water partition coefficient (Wildman–Crippen LogP) is 15.2. The zero-order valence-electron chi connectivity index (χ0n) is 50.6. The first-order valence-electron chi connectivity index (χ1n) is 30.1. The van der Waals surface area contributed by atoms with E-state index in [1.54, 1.807) is 0 Å². The summed E-state index contributed by atoms with van der Waals surface area (Å²) in [6, 6.07) is 88.2. The quantitative estimate of drug-likeness (QED) is 0.0820. The minimum atomic E-state index is -3.95. The van der Waals surface area contributed by atoms with E-state index in [0.29, 0.717) is 28.4 Å². The van der Waals surface area contributed by atoms with E-state index in [1.807, 2.05) is 57.8 Å². The van der Waals surface area contributed by atoms with Gasteiger partial charge >= 0.3 is 355 Å². The molecule has 5 nitrogen and oxygen atoms in total. The Morgan fingerprint density at radius 1 is 0.494 bits per heavy atom. The minimum absolute atomic E-state index is 0. The topological polar surface area (TPSA) is 35.9 Å². The minimum Gasteiger partial charge on any atom is 0 e.